The molecular formula is C19H19F3N2O4. The summed E-state index contributed by atoms with van der Waals surface area (Å²) in [4.78, 5) is 38.4. The highest BCUT2D eigenvalue weighted by atomic mass is 19.4. The molecule has 1 N–H and O–H groups in total. The fraction of sp³-hybridized carbons (Fsp3) is 0.421. The molecule has 1 fully saturated rings. The van der Waals surface area contributed by atoms with Gasteiger partial charge in [0, 0.05) is 11.6 Å². The maximum absolute atomic E-state index is 14.2. The standard InChI is InChI=1S/C19H19F3N2O4/c1-11-14(16(26)28-2)18(19(20,21)22,23-15(25)13-8-9-13)17(27)24(11)10-12-6-4-3-5-7-12/h3-7,13H,8-10H2,1-2H3,(H,23,25). The summed E-state index contributed by atoms with van der Waals surface area (Å²) >= 11 is 0. The monoisotopic (exact) mass is 396 g/mol. The molecule has 0 bridgehead atoms. The first-order valence-corrected chi connectivity index (χ1v) is 8.67. The minimum Gasteiger partial charge on any atom is -0.466 e. The average Bonchev–Trinajstić information content (AvgIpc) is 3.46. The number of carbonyl (C=O) groups excluding carboxylic acids is 3. The minimum absolute atomic E-state index is 0.177. The number of hydrogen-bond donors (Lipinski definition) is 1. The number of esters is 1. The molecule has 2 aliphatic rings. The van der Waals surface area contributed by atoms with Gasteiger partial charge in [-0.25, -0.2) is 4.79 Å². The summed E-state index contributed by atoms with van der Waals surface area (Å²) in [6.07, 6.45) is -4.35. The van der Waals surface area contributed by atoms with E-state index < -0.39 is 41.0 Å². The van der Waals surface area contributed by atoms with Crippen molar-refractivity contribution >= 4 is 17.8 Å². The van der Waals surface area contributed by atoms with Crippen LogP contribution in [-0.4, -0.2) is 41.5 Å². The van der Waals surface area contributed by atoms with Gasteiger partial charge < -0.3 is 15.0 Å². The molecule has 1 atom stereocenters. The Morgan fingerprint density at radius 2 is 1.86 bits per heavy atom. The quantitative estimate of drug-likeness (QED) is 0.775. The molecule has 1 unspecified atom stereocenters. The largest absolute Gasteiger partial charge is 0.466 e. The molecule has 0 radical (unpaired) electrons. The van der Waals surface area contributed by atoms with E-state index in [4.69, 9.17) is 0 Å². The summed E-state index contributed by atoms with van der Waals surface area (Å²) in [5, 5.41) is 1.84. The highest BCUT2D eigenvalue weighted by molar-refractivity contribution is 6.10. The zero-order valence-electron chi connectivity index (χ0n) is 15.3. The number of carbonyl (C=O) groups is 3. The van der Waals surface area contributed by atoms with Crippen molar-refractivity contribution in [3.63, 3.8) is 0 Å². The van der Waals surface area contributed by atoms with E-state index in [0.717, 1.165) is 12.0 Å². The summed E-state index contributed by atoms with van der Waals surface area (Å²) in [5.41, 5.74) is -3.99. The van der Waals surface area contributed by atoms with Crippen LogP contribution in [0.25, 0.3) is 0 Å². The number of allylic oxidation sites excluding steroid dienone is 1. The number of methoxy groups -OCH3 is 1. The Bertz CT molecular complexity index is 846. The molecule has 1 saturated carbocycles. The van der Waals surface area contributed by atoms with E-state index in [1.54, 1.807) is 30.3 Å². The van der Waals surface area contributed by atoms with E-state index >= 15 is 0 Å². The van der Waals surface area contributed by atoms with Crippen molar-refractivity contribution in [2.75, 3.05) is 7.11 Å². The first kappa shape index (κ1) is 19.9. The molecule has 1 heterocycles. The van der Waals surface area contributed by atoms with E-state index in [0.29, 0.717) is 18.4 Å². The molecule has 3 rings (SSSR count). The van der Waals surface area contributed by atoms with Gasteiger partial charge in [-0.05, 0) is 25.3 Å². The van der Waals surface area contributed by atoms with Crippen molar-refractivity contribution < 1.29 is 32.3 Å². The maximum Gasteiger partial charge on any atom is 0.425 e. The molecule has 1 aliphatic heterocycles. The highest BCUT2D eigenvalue weighted by Crippen LogP contribution is 2.46. The predicted octanol–water partition coefficient (Wildman–Crippen LogP) is 2.30. The fourth-order valence-corrected chi connectivity index (χ4v) is 3.31. The molecule has 1 aliphatic carbocycles. The van der Waals surface area contributed by atoms with Gasteiger partial charge in [-0.2, -0.15) is 13.2 Å². The zero-order valence-corrected chi connectivity index (χ0v) is 15.3. The van der Waals surface area contributed by atoms with Crippen molar-refractivity contribution in [3.8, 4) is 0 Å². The van der Waals surface area contributed by atoms with Crippen molar-refractivity contribution in [2.45, 2.75) is 38.0 Å². The lowest BCUT2D eigenvalue weighted by Crippen LogP contribution is -2.66. The van der Waals surface area contributed by atoms with E-state index in [1.807, 2.05) is 5.32 Å². The topological polar surface area (TPSA) is 75.7 Å². The van der Waals surface area contributed by atoms with Gasteiger partial charge in [-0.1, -0.05) is 30.3 Å². The number of nitrogens with zero attached hydrogens (tertiary/aromatic N) is 1. The summed E-state index contributed by atoms with van der Waals surface area (Å²) in [6.45, 7) is 1.06. The minimum atomic E-state index is -5.23. The van der Waals surface area contributed by atoms with Crippen LogP contribution in [0.3, 0.4) is 0 Å². The molecular weight excluding hydrogens is 377 g/mol. The highest BCUT2D eigenvalue weighted by Gasteiger charge is 2.71. The van der Waals surface area contributed by atoms with Crippen LogP contribution in [0.5, 0.6) is 0 Å². The van der Waals surface area contributed by atoms with Gasteiger partial charge in [0.15, 0.2) is 0 Å². The number of ether oxygens (including phenoxy) is 1. The number of benzene rings is 1. The zero-order chi connectivity index (χ0) is 20.7. The molecule has 0 aromatic heterocycles. The van der Waals surface area contributed by atoms with Crippen LogP contribution in [0.15, 0.2) is 41.6 Å². The number of rotatable bonds is 5. The average molecular weight is 396 g/mol. The third-order valence-electron chi connectivity index (χ3n) is 4.96. The van der Waals surface area contributed by atoms with Crippen molar-refractivity contribution in [1.82, 2.24) is 10.2 Å². The Balaban J connectivity index is 2.11. The summed E-state index contributed by atoms with van der Waals surface area (Å²) in [7, 11) is 0.927. The second kappa shape index (κ2) is 6.96. The molecule has 1 aromatic rings. The molecule has 0 spiro atoms. The van der Waals surface area contributed by atoms with Gasteiger partial charge in [0.25, 0.3) is 5.91 Å². The third-order valence-corrected chi connectivity index (χ3v) is 4.96. The lowest BCUT2D eigenvalue weighted by molar-refractivity contribution is -0.196. The first-order valence-electron chi connectivity index (χ1n) is 8.67. The summed E-state index contributed by atoms with van der Waals surface area (Å²) in [5.74, 6) is -4.22. The second-order valence-corrected chi connectivity index (χ2v) is 6.84. The Hall–Kier alpha value is -2.84. The van der Waals surface area contributed by atoms with Gasteiger partial charge >= 0.3 is 12.1 Å². The van der Waals surface area contributed by atoms with Crippen molar-refractivity contribution in [2.24, 2.45) is 5.92 Å². The van der Waals surface area contributed by atoms with Gasteiger partial charge in [0.2, 0.25) is 11.4 Å². The number of halogens is 3. The fourth-order valence-electron chi connectivity index (χ4n) is 3.31. The second-order valence-electron chi connectivity index (χ2n) is 6.84. The van der Waals surface area contributed by atoms with Crippen LogP contribution in [0.1, 0.15) is 25.3 Å². The van der Waals surface area contributed by atoms with Crippen LogP contribution < -0.4 is 5.32 Å². The van der Waals surface area contributed by atoms with Gasteiger partial charge in [-0.15, -0.1) is 0 Å². The van der Waals surface area contributed by atoms with Gasteiger partial charge in [0.1, 0.15) is 5.57 Å². The molecule has 1 aromatic carbocycles. The van der Waals surface area contributed by atoms with Crippen LogP contribution in [0.4, 0.5) is 13.2 Å². The molecule has 0 saturated heterocycles. The van der Waals surface area contributed by atoms with Crippen LogP contribution >= 0.6 is 0 Å². The molecule has 6 nitrogen and oxygen atoms in total. The number of alkyl halides is 3. The molecule has 9 heteroatoms. The van der Waals surface area contributed by atoms with E-state index in [9.17, 15) is 27.6 Å². The van der Waals surface area contributed by atoms with E-state index in [-0.39, 0.29) is 12.2 Å². The Morgan fingerprint density at radius 1 is 1.25 bits per heavy atom. The van der Waals surface area contributed by atoms with Crippen molar-refractivity contribution in [1.29, 1.82) is 0 Å². The SMILES string of the molecule is COC(=O)C1=C(C)N(Cc2ccccc2)C(=O)C1(NC(=O)C1CC1)C(F)(F)F. The molecule has 150 valence electrons. The normalized spacial score (nSPS) is 22.5. The predicted molar refractivity (Wildman–Crippen MR) is 91.4 cm³/mol. The Morgan fingerprint density at radius 3 is 2.36 bits per heavy atom. The van der Waals surface area contributed by atoms with E-state index in [2.05, 4.69) is 4.74 Å². The smallest absolute Gasteiger partial charge is 0.425 e. The number of nitrogens with one attached hydrogen (secondary N) is 1. The lowest BCUT2D eigenvalue weighted by Gasteiger charge is -2.33. The van der Waals surface area contributed by atoms with Crippen LogP contribution in [-0.2, 0) is 25.7 Å². The number of hydrogen-bond acceptors (Lipinski definition) is 4. The maximum atomic E-state index is 14.2. The molecule has 28 heavy (non-hydrogen) atoms. The van der Waals surface area contributed by atoms with Crippen molar-refractivity contribution in [3.05, 3.63) is 47.2 Å². The van der Waals surface area contributed by atoms with Gasteiger partial charge in [-0.3, -0.25) is 9.59 Å². The third kappa shape index (κ3) is 3.14. The lowest BCUT2D eigenvalue weighted by atomic mass is 9.89. The Labute approximate surface area is 159 Å². The van der Waals surface area contributed by atoms with Crippen LogP contribution in [0, 0.1) is 5.92 Å². The van der Waals surface area contributed by atoms with Crippen LogP contribution in [0.2, 0.25) is 0 Å². The summed E-state index contributed by atoms with van der Waals surface area (Å²) in [6, 6.07) is 8.39. The van der Waals surface area contributed by atoms with Gasteiger partial charge in [0.05, 0.1) is 13.7 Å². The first-order chi connectivity index (χ1) is 13.1. The number of amides is 2. The molecule has 2 amide bonds. The summed E-state index contributed by atoms with van der Waals surface area (Å²) < 4.78 is 47.2. The Kier molecular flexibility index (Phi) is 4.95. The van der Waals surface area contributed by atoms with E-state index in [1.165, 1.54) is 6.92 Å².